The lowest BCUT2D eigenvalue weighted by molar-refractivity contribution is 0.0977. The Morgan fingerprint density at radius 2 is 2.14 bits per heavy atom. The van der Waals surface area contributed by atoms with Gasteiger partial charge in [0.05, 0.1) is 5.69 Å². The monoisotopic (exact) mass is 193 g/mol. The molecule has 2 nitrogen and oxygen atoms in total. The molecule has 14 heavy (non-hydrogen) atoms. The summed E-state index contributed by atoms with van der Waals surface area (Å²) in [7, 11) is 0. The molecule has 0 radical (unpaired) electrons. The van der Waals surface area contributed by atoms with Crippen molar-refractivity contribution in [1.29, 1.82) is 0 Å². The Balaban J connectivity index is 2.72. The molecule has 1 rings (SSSR count). The van der Waals surface area contributed by atoms with Crippen molar-refractivity contribution < 1.29 is 4.79 Å². The molecule has 0 aliphatic carbocycles. The van der Waals surface area contributed by atoms with Crippen molar-refractivity contribution in [2.45, 2.75) is 46.0 Å². The van der Waals surface area contributed by atoms with Crippen molar-refractivity contribution in [1.82, 2.24) is 4.98 Å². The van der Waals surface area contributed by atoms with Gasteiger partial charge in [-0.25, -0.2) is 0 Å². The van der Waals surface area contributed by atoms with Gasteiger partial charge in [-0.2, -0.15) is 0 Å². The van der Waals surface area contributed by atoms with Gasteiger partial charge in [-0.15, -0.1) is 0 Å². The second-order valence-electron chi connectivity index (χ2n) is 3.81. The minimum Gasteiger partial charge on any atom is -0.356 e. The number of hydrogen-bond donors (Lipinski definition) is 1. The molecule has 1 N–H and O–H groups in total. The third-order valence-corrected chi connectivity index (χ3v) is 2.63. The Kier molecular flexibility index (Phi) is 3.93. The van der Waals surface area contributed by atoms with Crippen LogP contribution in [0.1, 0.15) is 62.1 Å². The Bertz CT molecular complexity index is 301. The molecule has 2 heteroatoms. The minimum absolute atomic E-state index is 0.224. The third kappa shape index (κ3) is 2.47. The zero-order valence-corrected chi connectivity index (χ0v) is 9.26. The van der Waals surface area contributed by atoms with Gasteiger partial charge in [0, 0.05) is 12.1 Å². The standard InChI is InChI=1S/C12H19NO/c1-4-6-12(14)11-8-7-10(13-11)9(3)5-2/h7-9,13H,4-6H2,1-3H3. The van der Waals surface area contributed by atoms with Crippen LogP contribution in [0.2, 0.25) is 0 Å². The normalized spacial score (nSPS) is 12.8. The van der Waals surface area contributed by atoms with Crippen LogP contribution in [-0.2, 0) is 0 Å². The SMILES string of the molecule is CCCC(=O)c1ccc(C(C)CC)[nH]1. The number of aromatic nitrogens is 1. The number of H-pyrrole nitrogens is 1. The molecule has 1 atom stereocenters. The lowest BCUT2D eigenvalue weighted by Crippen LogP contribution is -1.99. The van der Waals surface area contributed by atoms with Gasteiger partial charge >= 0.3 is 0 Å². The van der Waals surface area contributed by atoms with Crippen molar-refractivity contribution in [2.75, 3.05) is 0 Å². The fourth-order valence-corrected chi connectivity index (χ4v) is 1.44. The maximum absolute atomic E-state index is 11.5. The van der Waals surface area contributed by atoms with Gasteiger partial charge in [0.2, 0.25) is 0 Å². The van der Waals surface area contributed by atoms with Gasteiger partial charge in [0.1, 0.15) is 0 Å². The van der Waals surface area contributed by atoms with Crippen LogP contribution >= 0.6 is 0 Å². The number of ketones is 1. The maximum Gasteiger partial charge on any atom is 0.178 e. The first kappa shape index (κ1) is 11.0. The molecule has 0 aliphatic heterocycles. The first-order valence-corrected chi connectivity index (χ1v) is 5.41. The number of Topliss-reactive ketones (excluding diaryl/α,β-unsaturated/α-hetero) is 1. The fraction of sp³-hybridized carbons (Fsp3) is 0.583. The Labute approximate surface area is 85.7 Å². The first-order valence-electron chi connectivity index (χ1n) is 5.41. The summed E-state index contributed by atoms with van der Waals surface area (Å²) in [5, 5.41) is 0. The van der Waals surface area contributed by atoms with E-state index in [1.165, 1.54) is 5.69 Å². The lowest BCUT2D eigenvalue weighted by atomic mass is 10.1. The van der Waals surface area contributed by atoms with Crippen LogP contribution in [0.5, 0.6) is 0 Å². The van der Waals surface area contributed by atoms with E-state index in [4.69, 9.17) is 0 Å². The number of aromatic amines is 1. The summed E-state index contributed by atoms with van der Waals surface area (Å²) < 4.78 is 0. The minimum atomic E-state index is 0.224. The van der Waals surface area contributed by atoms with Crippen molar-refractivity contribution in [3.8, 4) is 0 Å². The van der Waals surface area contributed by atoms with E-state index < -0.39 is 0 Å². The number of rotatable bonds is 5. The molecule has 1 heterocycles. The van der Waals surface area contributed by atoms with Gasteiger partial charge in [-0.3, -0.25) is 4.79 Å². The van der Waals surface area contributed by atoms with Gasteiger partial charge < -0.3 is 4.98 Å². The molecule has 0 spiro atoms. The van der Waals surface area contributed by atoms with Crippen molar-refractivity contribution >= 4 is 5.78 Å². The first-order chi connectivity index (χ1) is 6.69. The quantitative estimate of drug-likeness (QED) is 0.713. The summed E-state index contributed by atoms with van der Waals surface area (Å²) >= 11 is 0. The Morgan fingerprint density at radius 3 is 2.71 bits per heavy atom. The fourth-order valence-electron chi connectivity index (χ4n) is 1.44. The molecule has 1 unspecified atom stereocenters. The van der Waals surface area contributed by atoms with Gasteiger partial charge in [0.15, 0.2) is 5.78 Å². The Morgan fingerprint density at radius 1 is 1.43 bits per heavy atom. The van der Waals surface area contributed by atoms with Gasteiger partial charge in [-0.1, -0.05) is 20.8 Å². The van der Waals surface area contributed by atoms with Crippen LogP contribution < -0.4 is 0 Å². The van der Waals surface area contributed by atoms with Crippen molar-refractivity contribution in [3.05, 3.63) is 23.5 Å². The lowest BCUT2D eigenvalue weighted by Gasteiger charge is -2.04. The predicted octanol–water partition coefficient (Wildman–Crippen LogP) is 3.51. The average Bonchev–Trinajstić information content (AvgIpc) is 2.66. The molecule has 0 bridgehead atoms. The van der Waals surface area contributed by atoms with Crippen LogP contribution in [0.3, 0.4) is 0 Å². The molecule has 0 saturated carbocycles. The van der Waals surface area contributed by atoms with E-state index in [2.05, 4.69) is 18.8 Å². The molecule has 0 aromatic carbocycles. The molecule has 1 aromatic rings. The Hall–Kier alpha value is -1.05. The van der Waals surface area contributed by atoms with Crippen LogP contribution in [-0.4, -0.2) is 10.8 Å². The number of carbonyl (C=O) groups is 1. The molecule has 78 valence electrons. The molecule has 0 amide bonds. The highest BCUT2D eigenvalue weighted by molar-refractivity contribution is 5.94. The van der Waals surface area contributed by atoms with Crippen LogP contribution in [0, 0.1) is 0 Å². The second-order valence-corrected chi connectivity index (χ2v) is 3.81. The smallest absolute Gasteiger partial charge is 0.178 e. The third-order valence-electron chi connectivity index (χ3n) is 2.63. The topological polar surface area (TPSA) is 32.9 Å². The summed E-state index contributed by atoms with van der Waals surface area (Å²) in [6.45, 7) is 6.34. The largest absolute Gasteiger partial charge is 0.356 e. The second kappa shape index (κ2) is 4.99. The van der Waals surface area contributed by atoms with Gasteiger partial charge in [-0.05, 0) is 30.9 Å². The van der Waals surface area contributed by atoms with Crippen molar-refractivity contribution in [3.63, 3.8) is 0 Å². The zero-order chi connectivity index (χ0) is 10.6. The number of nitrogens with one attached hydrogen (secondary N) is 1. The number of hydrogen-bond acceptors (Lipinski definition) is 1. The highest BCUT2D eigenvalue weighted by Gasteiger charge is 2.09. The summed E-state index contributed by atoms with van der Waals surface area (Å²) in [6.07, 6.45) is 2.65. The molecule has 0 fully saturated rings. The number of carbonyl (C=O) groups excluding carboxylic acids is 1. The molecular formula is C12H19NO. The summed E-state index contributed by atoms with van der Waals surface area (Å²) in [4.78, 5) is 14.7. The highest BCUT2D eigenvalue weighted by atomic mass is 16.1. The van der Waals surface area contributed by atoms with E-state index in [9.17, 15) is 4.79 Å². The van der Waals surface area contributed by atoms with E-state index in [1.54, 1.807) is 0 Å². The van der Waals surface area contributed by atoms with Crippen LogP contribution in [0.4, 0.5) is 0 Å². The average molecular weight is 193 g/mol. The van der Waals surface area contributed by atoms with E-state index in [1.807, 2.05) is 19.1 Å². The van der Waals surface area contributed by atoms with E-state index >= 15 is 0 Å². The molecule has 0 aliphatic rings. The summed E-state index contributed by atoms with van der Waals surface area (Å²) in [5.74, 6) is 0.736. The summed E-state index contributed by atoms with van der Waals surface area (Å²) in [6, 6.07) is 3.93. The van der Waals surface area contributed by atoms with E-state index in [-0.39, 0.29) is 5.78 Å². The van der Waals surface area contributed by atoms with Crippen molar-refractivity contribution in [2.24, 2.45) is 0 Å². The molecular weight excluding hydrogens is 174 g/mol. The van der Waals surface area contributed by atoms with Crippen LogP contribution in [0.15, 0.2) is 12.1 Å². The predicted molar refractivity (Wildman–Crippen MR) is 58.7 cm³/mol. The summed E-state index contributed by atoms with van der Waals surface area (Å²) in [5.41, 5.74) is 1.94. The molecule has 0 saturated heterocycles. The maximum atomic E-state index is 11.5. The molecule has 1 aromatic heterocycles. The zero-order valence-electron chi connectivity index (χ0n) is 9.26. The van der Waals surface area contributed by atoms with E-state index in [0.717, 1.165) is 18.5 Å². The van der Waals surface area contributed by atoms with Crippen LogP contribution in [0.25, 0.3) is 0 Å². The van der Waals surface area contributed by atoms with E-state index in [0.29, 0.717) is 12.3 Å². The highest BCUT2D eigenvalue weighted by Crippen LogP contribution is 2.18. The van der Waals surface area contributed by atoms with Gasteiger partial charge in [0.25, 0.3) is 0 Å².